The predicted octanol–water partition coefficient (Wildman–Crippen LogP) is 5.98. The molecule has 0 aliphatic rings. The third-order valence-corrected chi connectivity index (χ3v) is 5.57. The second kappa shape index (κ2) is 11.5. The van der Waals surface area contributed by atoms with Crippen LogP contribution in [0.3, 0.4) is 0 Å². The monoisotopic (exact) mass is 476 g/mol. The van der Waals surface area contributed by atoms with Gasteiger partial charge in [-0.2, -0.15) is 5.26 Å². The number of para-hydroxylation sites is 1. The number of carbonyl (C=O) groups excluding carboxylic acids is 2. The Labute approximate surface area is 209 Å². The van der Waals surface area contributed by atoms with E-state index in [2.05, 4.69) is 0 Å². The molecule has 4 rings (SSSR count). The zero-order chi connectivity index (χ0) is 25.3. The van der Waals surface area contributed by atoms with E-state index in [0.29, 0.717) is 24.4 Å². The first kappa shape index (κ1) is 24.2. The molecule has 4 aromatic carbocycles. The number of esters is 1. The summed E-state index contributed by atoms with van der Waals surface area (Å²) in [6.45, 7) is 0.711. The number of methoxy groups -OCH3 is 1. The lowest BCUT2D eigenvalue weighted by molar-refractivity contribution is 0.0600. The molecular weight excluding hydrogens is 452 g/mol. The molecule has 6 heteroatoms. The molecule has 0 heterocycles. The van der Waals surface area contributed by atoms with Crippen molar-refractivity contribution >= 4 is 11.9 Å². The second-order valence-electron chi connectivity index (χ2n) is 8.07. The van der Waals surface area contributed by atoms with E-state index in [9.17, 15) is 14.9 Å². The van der Waals surface area contributed by atoms with Gasteiger partial charge < -0.3 is 14.4 Å². The number of nitrogens with zero attached hydrogens (tertiary/aromatic N) is 2. The van der Waals surface area contributed by atoms with Crippen LogP contribution in [0.2, 0.25) is 0 Å². The van der Waals surface area contributed by atoms with Crippen LogP contribution in [0, 0.1) is 11.3 Å². The maximum absolute atomic E-state index is 13.6. The minimum atomic E-state index is -0.662. The third-order valence-electron chi connectivity index (χ3n) is 5.57. The summed E-state index contributed by atoms with van der Waals surface area (Å²) in [7, 11) is 1.24. The SMILES string of the molecule is COC(=O)c1cc(C(=O)N(Cc2ccccc2)Cc2ccc(Oc3ccccc3)cc2)ccc1C#N. The Morgan fingerprint density at radius 3 is 1.97 bits per heavy atom. The fourth-order valence-corrected chi connectivity index (χ4v) is 3.75. The summed E-state index contributed by atoms with van der Waals surface area (Å²) in [4.78, 5) is 27.5. The lowest BCUT2D eigenvalue weighted by Crippen LogP contribution is -2.30. The van der Waals surface area contributed by atoms with Crippen LogP contribution in [-0.4, -0.2) is 23.9 Å². The summed E-state index contributed by atoms with van der Waals surface area (Å²) in [6.07, 6.45) is 0. The van der Waals surface area contributed by atoms with Gasteiger partial charge in [0.2, 0.25) is 0 Å². The van der Waals surface area contributed by atoms with Gasteiger partial charge in [-0.05, 0) is 53.6 Å². The number of ether oxygens (including phenoxy) is 2. The summed E-state index contributed by atoms with van der Waals surface area (Å²) in [5.41, 5.74) is 2.41. The van der Waals surface area contributed by atoms with Gasteiger partial charge in [-0.25, -0.2) is 4.79 Å². The number of amides is 1. The normalized spacial score (nSPS) is 10.2. The first-order valence-electron chi connectivity index (χ1n) is 11.3. The molecule has 0 unspecified atom stereocenters. The molecule has 4 aromatic rings. The molecule has 0 saturated heterocycles. The first-order valence-corrected chi connectivity index (χ1v) is 11.3. The van der Waals surface area contributed by atoms with Gasteiger partial charge in [-0.1, -0.05) is 60.7 Å². The standard InChI is InChI=1S/C30H24N2O4/c1-35-30(34)28-18-24(14-15-25(28)19-31)29(33)32(20-22-8-4-2-5-9-22)21-23-12-16-27(17-13-23)36-26-10-6-3-7-11-26/h2-18H,20-21H2,1H3. The quantitative estimate of drug-likeness (QED) is 0.292. The summed E-state index contributed by atoms with van der Waals surface area (Å²) >= 11 is 0. The predicted molar refractivity (Wildman–Crippen MR) is 135 cm³/mol. The van der Waals surface area contributed by atoms with Crippen molar-refractivity contribution in [1.29, 1.82) is 5.26 Å². The van der Waals surface area contributed by atoms with E-state index in [-0.39, 0.29) is 17.0 Å². The molecule has 1 amide bonds. The lowest BCUT2D eigenvalue weighted by atomic mass is 10.0. The molecule has 0 N–H and O–H groups in total. The van der Waals surface area contributed by atoms with Gasteiger partial charge in [0.1, 0.15) is 17.6 Å². The highest BCUT2D eigenvalue weighted by Crippen LogP contribution is 2.23. The van der Waals surface area contributed by atoms with Crippen molar-refractivity contribution in [2.75, 3.05) is 7.11 Å². The first-order chi connectivity index (χ1) is 17.6. The summed E-state index contributed by atoms with van der Waals surface area (Å²) in [5, 5.41) is 9.34. The summed E-state index contributed by atoms with van der Waals surface area (Å²) in [5.74, 6) is 0.511. The van der Waals surface area contributed by atoms with Crippen molar-refractivity contribution in [2.45, 2.75) is 13.1 Å². The number of benzene rings is 4. The molecule has 0 atom stereocenters. The molecule has 0 bridgehead atoms. The van der Waals surface area contributed by atoms with Crippen molar-refractivity contribution in [3.63, 3.8) is 0 Å². The second-order valence-corrected chi connectivity index (χ2v) is 8.07. The minimum absolute atomic E-state index is 0.0629. The van der Waals surface area contributed by atoms with E-state index < -0.39 is 5.97 Å². The smallest absolute Gasteiger partial charge is 0.339 e. The van der Waals surface area contributed by atoms with E-state index >= 15 is 0 Å². The number of rotatable bonds is 8. The Kier molecular flexibility index (Phi) is 7.74. The van der Waals surface area contributed by atoms with Gasteiger partial charge in [0.25, 0.3) is 5.91 Å². The summed E-state index contributed by atoms with van der Waals surface area (Å²) in [6, 6.07) is 33.2. The zero-order valence-corrected chi connectivity index (χ0v) is 19.8. The Morgan fingerprint density at radius 1 is 0.778 bits per heavy atom. The zero-order valence-electron chi connectivity index (χ0n) is 19.8. The van der Waals surface area contributed by atoms with E-state index in [1.54, 1.807) is 11.0 Å². The molecule has 0 aliphatic heterocycles. The number of hydrogen-bond donors (Lipinski definition) is 0. The molecule has 0 aromatic heterocycles. The molecule has 0 spiro atoms. The van der Waals surface area contributed by atoms with E-state index in [0.717, 1.165) is 16.9 Å². The van der Waals surface area contributed by atoms with Crippen LogP contribution in [0.1, 0.15) is 37.4 Å². The fourth-order valence-electron chi connectivity index (χ4n) is 3.75. The highest BCUT2D eigenvalue weighted by atomic mass is 16.5. The van der Waals surface area contributed by atoms with E-state index in [1.165, 1.54) is 19.2 Å². The largest absolute Gasteiger partial charge is 0.465 e. The fraction of sp³-hybridized carbons (Fsp3) is 0.100. The Hall–Kier alpha value is -4.89. The number of nitriles is 1. The van der Waals surface area contributed by atoms with Crippen LogP contribution in [-0.2, 0) is 17.8 Å². The van der Waals surface area contributed by atoms with Crippen LogP contribution in [0.5, 0.6) is 11.5 Å². The molecule has 0 saturated carbocycles. The van der Waals surface area contributed by atoms with Gasteiger partial charge in [0, 0.05) is 18.7 Å². The van der Waals surface area contributed by atoms with Crippen LogP contribution in [0.25, 0.3) is 0 Å². The van der Waals surface area contributed by atoms with Crippen LogP contribution >= 0.6 is 0 Å². The van der Waals surface area contributed by atoms with Gasteiger partial charge in [0.05, 0.1) is 18.2 Å². The van der Waals surface area contributed by atoms with Crippen LogP contribution in [0.15, 0.2) is 103 Å². The topological polar surface area (TPSA) is 79.6 Å². The van der Waals surface area contributed by atoms with Crippen molar-refractivity contribution in [2.24, 2.45) is 0 Å². The third kappa shape index (κ3) is 5.96. The Morgan fingerprint density at radius 2 is 1.36 bits per heavy atom. The van der Waals surface area contributed by atoms with Gasteiger partial charge in [-0.3, -0.25) is 4.79 Å². The molecule has 6 nitrogen and oxygen atoms in total. The van der Waals surface area contributed by atoms with Crippen LogP contribution < -0.4 is 4.74 Å². The Bertz CT molecular complexity index is 1380. The van der Waals surface area contributed by atoms with Crippen molar-refractivity contribution in [3.05, 3.63) is 131 Å². The maximum atomic E-state index is 13.6. The van der Waals surface area contributed by atoms with Crippen molar-refractivity contribution in [3.8, 4) is 17.6 Å². The van der Waals surface area contributed by atoms with E-state index in [4.69, 9.17) is 9.47 Å². The van der Waals surface area contributed by atoms with Crippen molar-refractivity contribution < 1.29 is 19.1 Å². The number of carbonyl (C=O) groups is 2. The minimum Gasteiger partial charge on any atom is -0.465 e. The maximum Gasteiger partial charge on any atom is 0.339 e. The average Bonchev–Trinajstić information content (AvgIpc) is 2.93. The summed E-state index contributed by atoms with van der Waals surface area (Å²) < 4.78 is 10.7. The van der Waals surface area contributed by atoms with Crippen molar-refractivity contribution in [1.82, 2.24) is 4.90 Å². The molecule has 0 aliphatic carbocycles. The average molecular weight is 477 g/mol. The number of hydrogen-bond acceptors (Lipinski definition) is 5. The van der Waals surface area contributed by atoms with Crippen LogP contribution in [0.4, 0.5) is 0 Å². The molecule has 36 heavy (non-hydrogen) atoms. The highest BCUT2D eigenvalue weighted by molar-refractivity contribution is 5.99. The molecular formula is C30H24N2O4. The Balaban J connectivity index is 1.59. The highest BCUT2D eigenvalue weighted by Gasteiger charge is 2.21. The molecule has 0 fully saturated rings. The lowest BCUT2D eigenvalue weighted by Gasteiger charge is -2.24. The van der Waals surface area contributed by atoms with Gasteiger partial charge in [-0.15, -0.1) is 0 Å². The molecule has 0 radical (unpaired) electrons. The van der Waals surface area contributed by atoms with E-state index in [1.807, 2.05) is 91.0 Å². The van der Waals surface area contributed by atoms with Gasteiger partial charge >= 0.3 is 5.97 Å². The molecule has 178 valence electrons. The van der Waals surface area contributed by atoms with Gasteiger partial charge in [0.15, 0.2) is 0 Å².